The Bertz CT molecular complexity index is 691. The summed E-state index contributed by atoms with van der Waals surface area (Å²) in [6.45, 7) is 3.06. The highest BCUT2D eigenvalue weighted by Crippen LogP contribution is 2.35. The van der Waals surface area contributed by atoms with Gasteiger partial charge in [0.15, 0.2) is 0 Å². The maximum absolute atomic E-state index is 11.7. The van der Waals surface area contributed by atoms with Gasteiger partial charge in [0.2, 0.25) is 0 Å². The highest BCUT2D eigenvalue weighted by atomic mass is 79.9. The maximum atomic E-state index is 11.7. The van der Waals surface area contributed by atoms with Crippen molar-refractivity contribution in [3.8, 4) is 11.4 Å². The number of rotatable bonds is 3. The summed E-state index contributed by atoms with van der Waals surface area (Å²) >= 11 is 3.57. The number of benzene rings is 1. The second kappa shape index (κ2) is 5.90. The number of H-pyrrole nitrogens is 1. The van der Waals surface area contributed by atoms with Crippen molar-refractivity contribution in [1.29, 1.82) is 0 Å². The molecule has 0 radical (unpaired) electrons. The van der Waals surface area contributed by atoms with Crippen molar-refractivity contribution in [2.75, 3.05) is 38.3 Å². The van der Waals surface area contributed by atoms with Crippen molar-refractivity contribution in [1.82, 2.24) is 14.8 Å². The van der Waals surface area contributed by atoms with Gasteiger partial charge in [-0.05, 0) is 22.0 Å². The standard InChI is InChI=1S/C13H15BrN4O3/c1-20-12-7-10(17-2-4-21-5-3-17)9(14)6-11(12)18-8-15-16-13(18)19/h6-8H,2-5H2,1H3,(H,16,19). The first-order valence-electron chi connectivity index (χ1n) is 6.53. The summed E-state index contributed by atoms with van der Waals surface area (Å²) in [5, 5.41) is 6.12. The smallest absolute Gasteiger partial charge is 0.347 e. The van der Waals surface area contributed by atoms with E-state index in [9.17, 15) is 4.79 Å². The first-order valence-corrected chi connectivity index (χ1v) is 7.32. The van der Waals surface area contributed by atoms with Crippen molar-refractivity contribution >= 4 is 21.6 Å². The van der Waals surface area contributed by atoms with Crippen LogP contribution in [0, 0.1) is 0 Å². The largest absolute Gasteiger partial charge is 0.494 e. The lowest BCUT2D eigenvalue weighted by Crippen LogP contribution is -2.36. The number of hydrogen-bond acceptors (Lipinski definition) is 5. The van der Waals surface area contributed by atoms with E-state index in [-0.39, 0.29) is 5.69 Å². The average Bonchev–Trinajstić information content (AvgIpc) is 2.94. The number of aromatic nitrogens is 3. The number of halogens is 1. The summed E-state index contributed by atoms with van der Waals surface area (Å²) in [6.07, 6.45) is 1.43. The van der Waals surface area contributed by atoms with Gasteiger partial charge in [0.05, 0.1) is 31.7 Å². The summed E-state index contributed by atoms with van der Waals surface area (Å²) in [6, 6.07) is 3.78. The number of morpholine rings is 1. The van der Waals surface area contributed by atoms with Gasteiger partial charge in [0.1, 0.15) is 12.1 Å². The Hall–Kier alpha value is -1.80. The molecule has 112 valence electrons. The Morgan fingerprint density at radius 2 is 2.10 bits per heavy atom. The maximum Gasteiger partial charge on any atom is 0.347 e. The molecule has 1 aromatic carbocycles. The molecule has 0 saturated carbocycles. The van der Waals surface area contributed by atoms with Crippen LogP contribution in [0.4, 0.5) is 5.69 Å². The van der Waals surface area contributed by atoms with Gasteiger partial charge >= 0.3 is 5.69 Å². The van der Waals surface area contributed by atoms with Crippen molar-refractivity contribution in [3.63, 3.8) is 0 Å². The second-order valence-corrected chi connectivity index (χ2v) is 5.46. The molecular formula is C13H15BrN4O3. The first kappa shape index (κ1) is 14.2. The van der Waals surface area contributed by atoms with Gasteiger partial charge in [-0.3, -0.25) is 0 Å². The lowest BCUT2D eigenvalue weighted by atomic mass is 10.2. The molecule has 0 bridgehead atoms. The first-order chi connectivity index (χ1) is 10.2. The Balaban J connectivity index is 2.06. The third-order valence-electron chi connectivity index (χ3n) is 3.41. The zero-order chi connectivity index (χ0) is 14.8. The van der Waals surface area contributed by atoms with Gasteiger partial charge in [-0.1, -0.05) is 0 Å². The summed E-state index contributed by atoms with van der Waals surface area (Å²) in [5.41, 5.74) is 1.36. The van der Waals surface area contributed by atoms with Gasteiger partial charge < -0.3 is 14.4 Å². The van der Waals surface area contributed by atoms with E-state index in [4.69, 9.17) is 9.47 Å². The van der Waals surface area contributed by atoms with E-state index in [0.29, 0.717) is 24.7 Å². The number of ether oxygens (including phenoxy) is 2. The van der Waals surface area contributed by atoms with E-state index in [2.05, 4.69) is 31.0 Å². The Morgan fingerprint density at radius 3 is 2.71 bits per heavy atom. The Kier molecular flexibility index (Phi) is 3.98. The van der Waals surface area contributed by atoms with Gasteiger partial charge in [0.25, 0.3) is 0 Å². The lowest BCUT2D eigenvalue weighted by molar-refractivity contribution is 0.122. The Labute approximate surface area is 129 Å². The average molecular weight is 355 g/mol. The molecule has 1 saturated heterocycles. The highest BCUT2D eigenvalue weighted by molar-refractivity contribution is 9.10. The minimum atomic E-state index is -0.306. The van der Waals surface area contributed by atoms with E-state index < -0.39 is 0 Å². The SMILES string of the molecule is COc1cc(N2CCOCC2)c(Br)cc1-n1cn[nH]c1=O. The van der Waals surface area contributed by atoms with Gasteiger partial charge in [0, 0.05) is 23.6 Å². The molecule has 1 aliphatic heterocycles. The highest BCUT2D eigenvalue weighted by Gasteiger charge is 2.18. The van der Waals surface area contributed by atoms with Crippen LogP contribution in [-0.2, 0) is 4.74 Å². The summed E-state index contributed by atoms with van der Waals surface area (Å²) in [7, 11) is 1.58. The van der Waals surface area contributed by atoms with Crippen molar-refractivity contribution in [2.24, 2.45) is 0 Å². The van der Waals surface area contributed by atoms with E-state index >= 15 is 0 Å². The fourth-order valence-electron chi connectivity index (χ4n) is 2.35. The number of anilines is 1. The summed E-state index contributed by atoms with van der Waals surface area (Å²) in [5.74, 6) is 0.614. The van der Waals surface area contributed by atoms with Crippen LogP contribution in [0.25, 0.3) is 5.69 Å². The molecule has 1 aromatic heterocycles. The number of nitrogens with one attached hydrogen (secondary N) is 1. The molecule has 2 heterocycles. The van der Waals surface area contributed by atoms with Crippen LogP contribution in [0.1, 0.15) is 0 Å². The number of nitrogens with zero attached hydrogens (tertiary/aromatic N) is 3. The van der Waals surface area contributed by atoms with Crippen LogP contribution in [0.3, 0.4) is 0 Å². The molecule has 0 aliphatic carbocycles. The summed E-state index contributed by atoms with van der Waals surface area (Å²) < 4.78 is 13.1. The van der Waals surface area contributed by atoms with Gasteiger partial charge in [-0.2, -0.15) is 5.10 Å². The zero-order valence-corrected chi connectivity index (χ0v) is 13.1. The number of hydrogen-bond donors (Lipinski definition) is 1. The minimum Gasteiger partial charge on any atom is -0.494 e. The molecule has 3 rings (SSSR count). The summed E-state index contributed by atoms with van der Waals surface area (Å²) in [4.78, 5) is 14.0. The Morgan fingerprint density at radius 1 is 1.33 bits per heavy atom. The lowest BCUT2D eigenvalue weighted by Gasteiger charge is -2.30. The molecular weight excluding hydrogens is 340 g/mol. The van der Waals surface area contributed by atoms with Crippen molar-refractivity contribution in [2.45, 2.75) is 0 Å². The van der Waals surface area contributed by atoms with E-state index in [1.807, 2.05) is 12.1 Å². The molecule has 1 aliphatic rings. The third-order valence-corrected chi connectivity index (χ3v) is 4.05. The van der Waals surface area contributed by atoms with Crippen LogP contribution in [-0.4, -0.2) is 48.2 Å². The van der Waals surface area contributed by atoms with Crippen LogP contribution in [0.5, 0.6) is 5.75 Å². The molecule has 1 fully saturated rings. The third kappa shape index (κ3) is 2.68. The predicted molar refractivity (Wildman–Crippen MR) is 81.5 cm³/mol. The quantitative estimate of drug-likeness (QED) is 0.895. The topological polar surface area (TPSA) is 72.4 Å². The van der Waals surface area contributed by atoms with Crippen molar-refractivity contribution < 1.29 is 9.47 Å². The monoisotopic (exact) mass is 354 g/mol. The number of aromatic amines is 1. The van der Waals surface area contributed by atoms with Crippen LogP contribution in [0.15, 0.2) is 27.7 Å². The van der Waals surface area contributed by atoms with Gasteiger partial charge in [-0.25, -0.2) is 14.5 Å². The fourth-order valence-corrected chi connectivity index (χ4v) is 2.93. The minimum absolute atomic E-state index is 0.306. The van der Waals surface area contributed by atoms with E-state index in [0.717, 1.165) is 23.2 Å². The van der Waals surface area contributed by atoms with Crippen LogP contribution >= 0.6 is 15.9 Å². The molecule has 2 aromatic rings. The van der Waals surface area contributed by atoms with E-state index in [1.54, 1.807) is 7.11 Å². The van der Waals surface area contributed by atoms with E-state index in [1.165, 1.54) is 10.9 Å². The fraction of sp³-hybridized carbons (Fsp3) is 0.385. The molecule has 0 spiro atoms. The second-order valence-electron chi connectivity index (χ2n) is 4.61. The molecule has 0 atom stereocenters. The van der Waals surface area contributed by atoms with Crippen molar-refractivity contribution in [3.05, 3.63) is 33.4 Å². The molecule has 21 heavy (non-hydrogen) atoms. The predicted octanol–water partition coefficient (Wildman–Crippen LogP) is 1.17. The van der Waals surface area contributed by atoms with Crippen LogP contribution < -0.4 is 15.3 Å². The molecule has 7 nitrogen and oxygen atoms in total. The number of methoxy groups -OCH3 is 1. The molecule has 0 unspecified atom stereocenters. The zero-order valence-electron chi connectivity index (χ0n) is 11.5. The molecule has 8 heteroatoms. The molecule has 1 N–H and O–H groups in total. The van der Waals surface area contributed by atoms with Gasteiger partial charge in [-0.15, -0.1) is 0 Å². The molecule has 0 amide bonds. The normalized spacial score (nSPS) is 15.2. The van der Waals surface area contributed by atoms with Crippen LogP contribution in [0.2, 0.25) is 0 Å².